The first-order valence-electron chi connectivity index (χ1n) is 1.73. The van der Waals surface area contributed by atoms with E-state index in [1.807, 2.05) is 11.7 Å². The Labute approximate surface area is 47.8 Å². The van der Waals surface area contributed by atoms with Gasteiger partial charge in [-0.15, -0.1) is 12.4 Å². The molecule has 0 rings (SSSR count). The standard InChI is InChI=1S/C3H10NP.ClH/c1-3-4(2)5;/h3,5H2,1-2H3;1H. The lowest BCUT2D eigenvalue weighted by Crippen LogP contribution is -1.99. The smallest absolute Gasteiger partial charge is 0.00154 e. The van der Waals surface area contributed by atoms with Gasteiger partial charge in [-0.25, -0.2) is 0 Å². The third-order valence-electron chi connectivity index (χ3n) is 0.499. The van der Waals surface area contributed by atoms with Gasteiger partial charge in [0.25, 0.3) is 0 Å². The molecule has 0 radical (unpaired) electrons. The Bertz CT molecular complexity index is 24.8. The van der Waals surface area contributed by atoms with Crippen molar-refractivity contribution in [3.8, 4) is 0 Å². The molecule has 1 atom stereocenters. The van der Waals surface area contributed by atoms with Crippen molar-refractivity contribution >= 4 is 21.8 Å². The monoisotopic (exact) mass is 127 g/mol. The topological polar surface area (TPSA) is 3.24 Å². The Morgan fingerprint density at radius 3 is 1.83 bits per heavy atom. The molecule has 1 unspecified atom stereocenters. The van der Waals surface area contributed by atoms with Gasteiger partial charge in [-0.3, -0.25) is 4.67 Å². The molecule has 0 aromatic heterocycles. The van der Waals surface area contributed by atoms with Crippen LogP contribution in [0, 0.1) is 0 Å². The Hall–Kier alpha value is 0.680. The van der Waals surface area contributed by atoms with Crippen molar-refractivity contribution in [2.75, 3.05) is 13.6 Å². The molecule has 0 aromatic carbocycles. The second-order valence-electron chi connectivity index (χ2n) is 1.07. The van der Waals surface area contributed by atoms with Gasteiger partial charge in [-0.1, -0.05) is 16.3 Å². The molecule has 0 aliphatic rings. The van der Waals surface area contributed by atoms with Crippen LogP contribution < -0.4 is 0 Å². The van der Waals surface area contributed by atoms with Crippen molar-refractivity contribution in [1.29, 1.82) is 0 Å². The first kappa shape index (κ1) is 9.84. The van der Waals surface area contributed by atoms with Gasteiger partial charge in [0.15, 0.2) is 0 Å². The molecule has 0 saturated carbocycles. The van der Waals surface area contributed by atoms with Crippen LogP contribution in [0.25, 0.3) is 0 Å². The van der Waals surface area contributed by atoms with E-state index in [-0.39, 0.29) is 12.4 Å². The molecule has 0 aliphatic carbocycles. The maximum atomic E-state index is 2.57. The highest BCUT2D eigenvalue weighted by atomic mass is 35.5. The lowest BCUT2D eigenvalue weighted by atomic mass is 10.8. The van der Waals surface area contributed by atoms with Crippen LogP contribution >= 0.6 is 21.8 Å². The highest BCUT2D eigenvalue weighted by Crippen LogP contribution is 1.86. The van der Waals surface area contributed by atoms with E-state index in [9.17, 15) is 0 Å². The first-order chi connectivity index (χ1) is 2.27. The molecule has 0 aromatic rings. The number of halogens is 1. The molecule has 0 aliphatic heterocycles. The number of hydrogen-bond donors (Lipinski definition) is 0. The number of hydrogen-bond acceptors (Lipinski definition) is 1. The van der Waals surface area contributed by atoms with Gasteiger partial charge < -0.3 is 0 Å². The first-order valence-corrected chi connectivity index (χ1v) is 2.25. The molecular formula is C3H11ClNP. The number of rotatable bonds is 1. The van der Waals surface area contributed by atoms with Crippen LogP contribution in [0.3, 0.4) is 0 Å². The van der Waals surface area contributed by atoms with Crippen LogP contribution in [-0.2, 0) is 0 Å². The molecule has 40 valence electrons. The highest BCUT2D eigenvalue weighted by molar-refractivity contribution is 7.13. The molecule has 0 fully saturated rings. The summed E-state index contributed by atoms with van der Waals surface area (Å²) < 4.78 is 2.04. The van der Waals surface area contributed by atoms with Gasteiger partial charge in [-0.2, -0.15) is 0 Å². The Balaban J connectivity index is 0. The van der Waals surface area contributed by atoms with Crippen LogP contribution in [0.15, 0.2) is 0 Å². The van der Waals surface area contributed by atoms with Gasteiger partial charge in [0.2, 0.25) is 0 Å². The van der Waals surface area contributed by atoms with Crippen molar-refractivity contribution < 1.29 is 0 Å². The van der Waals surface area contributed by atoms with Gasteiger partial charge in [0.1, 0.15) is 0 Å². The molecule has 0 heterocycles. The van der Waals surface area contributed by atoms with Crippen LogP contribution in [0.2, 0.25) is 0 Å². The fourth-order valence-electron chi connectivity index (χ4n) is 0. The quantitative estimate of drug-likeness (QED) is 0.478. The summed E-state index contributed by atoms with van der Waals surface area (Å²) in [6.07, 6.45) is 0. The largest absolute Gasteiger partial charge is 0.291 e. The van der Waals surface area contributed by atoms with E-state index in [1.165, 1.54) is 0 Å². The minimum absolute atomic E-state index is 0. The zero-order chi connectivity index (χ0) is 4.28. The maximum absolute atomic E-state index is 2.57. The lowest BCUT2D eigenvalue weighted by Gasteiger charge is -1.99. The average Bonchev–Trinajstić information content (AvgIpc) is 1.38. The SMILES string of the molecule is CCN(C)P.Cl. The zero-order valence-electron chi connectivity index (χ0n) is 4.14. The predicted octanol–water partition coefficient (Wildman–Crippen LogP) is 1.15. The second-order valence-corrected chi connectivity index (χ2v) is 1.95. The molecule has 0 N–H and O–H groups in total. The van der Waals surface area contributed by atoms with Gasteiger partial charge in [-0.05, 0) is 13.6 Å². The van der Waals surface area contributed by atoms with E-state index in [4.69, 9.17) is 0 Å². The summed E-state index contributed by atoms with van der Waals surface area (Å²) >= 11 is 0. The maximum Gasteiger partial charge on any atom is -0.00154 e. The van der Waals surface area contributed by atoms with Crippen LogP contribution in [0.5, 0.6) is 0 Å². The highest BCUT2D eigenvalue weighted by Gasteiger charge is 1.72. The van der Waals surface area contributed by atoms with Crippen LogP contribution in [-0.4, -0.2) is 18.3 Å². The fourth-order valence-corrected chi connectivity index (χ4v) is 0. The van der Waals surface area contributed by atoms with E-state index >= 15 is 0 Å². The summed E-state index contributed by atoms with van der Waals surface area (Å²) in [6, 6.07) is 0. The third-order valence-corrected chi connectivity index (χ3v) is 0.864. The molecule has 0 spiro atoms. The Morgan fingerprint density at radius 1 is 1.67 bits per heavy atom. The second kappa shape index (κ2) is 5.68. The molecular weight excluding hydrogens is 116 g/mol. The van der Waals surface area contributed by atoms with E-state index < -0.39 is 0 Å². The van der Waals surface area contributed by atoms with Crippen LogP contribution in [0.4, 0.5) is 0 Å². The van der Waals surface area contributed by atoms with E-state index in [1.54, 1.807) is 0 Å². The van der Waals surface area contributed by atoms with Crippen molar-refractivity contribution in [2.45, 2.75) is 6.92 Å². The molecule has 1 nitrogen and oxygen atoms in total. The third kappa shape index (κ3) is 8.82. The van der Waals surface area contributed by atoms with Gasteiger partial charge >= 0.3 is 0 Å². The molecule has 0 amide bonds. The minimum atomic E-state index is 0. The summed E-state index contributed by atoms with van der Waals surface area (Å²) in [6.45, 7) is 3.21. The summed E-state index contributed by atoms with van der Waals surface area (Å²) in [5, 5.41) is 0. The molecule has 6 heavy (non-hydrogen) atoms. The molecule has 3 heteroatoms. The minimum Gasteiger partial charge on any atom is -0.291 e. The van der Waals surface area contributed by atoms with Crippen molar-refractivity contribution in [1.82, 2.24) is 4.67 Å². The van der Waals surface area contributed by atoms with Crippen molar-refractivity contribution in [2.24, 2.45) is 0 Å². The zero-order valence-corrected chi connectivity index (χ0v) is 6.11. The molecule has 0 saturated heterocycles. The Morgan fingerprint density at radius 2 is 1.83 bits per heavy atom. The van der Waals surface area contributed by atoms with Gasteiger partial charge in [0, 0.05) is 0 Å². The van der Waals surface area contributed by atoms with E-state index in [0.717, 1.165) is 6.54 Å². The predicted molar refractivity (Wildman–Crippen MR) is 35.3 cm³/mol. The normalized spacial score (nSPS) is 8.00. The summed E-state index contributed by atoms with van der Waals surface area (Å²) in [4.78, 5) is 0. The van der Waals surface area contributed by atoms with E-state index in [0.29, 0.717) is 0 Å². The summed E-state index contributed by atoms with van der Waals surface area (Å²) in [5.74, 6) is 0. The number of nitrogens with zero attached hydrogens (tertiary/aromatic N) is 1. The average molecular weight is 128 g/mol. The lowest BCUT2D eigenvalue weighted by molar-refractivity contribution is 0.602. The molecule has 0 bridgehead atoms. The van der Waals surface area contributed by atoms with Crippen LogP contribution in [0.1, 0.15) is 6.92 Å². The van der Waals surface area contributed by atoms with Gasteiger partial charge in [0.05, 0.1) is 0 Å². The van der Waals surface area contributed by atoms with Crippen molar-refractivity contribution in [3.63, 3.8) is 0 Å². The summed E-state index contributed by atoms with van der Waals surface area (Å²) in [5.41, 5.74) is 0. The van der Waals surface area contributed by atoms with E-state index in [2.05, 4.69) is 16.3 Å². The fraction of sp³-hybridized carbons (Fsp3) is 1.00. The summed E-state index contributed by atoms with van der Waals surface area (Å²) in [7, 11) is 4.59. The van der Waals surface area contributed by atoms with Crippen molar-refractivity contribution in [3.05, 3.63) is 0 Å². The Kier molecular flexibility index (Phi) is 9.31.